The van der Waals surface area contributed by atoms with Crippen LogP contribution in [0.5, 0.6) is 0 Å². The average Bonchev–Trinajstić information content (AvgIpc) is 2.26. The highest BCUT2D eigenvalue weighted by Gasteiger charge is 2.05. The summed E-state index contributed by atoms with van der Waals surface area (Å²) in [5.41, 5.74) is 0. The zero-order valence-electron chi connectivity index (χ0n) is 11.4. The molecule has 0 bridgehead atoms. The Hall–Kier alpha value is -0.570. The molecule has 1 unspecified atom stereocenters. The van der Waals surface area contributed by atoms with Crippen molar-refractivity contribution in [2.75, 3.05) is 0 Å². The lowest BCUT2D eigenvalue weighted by molar-refractivity contribution is -0.164. The van der Waals surface area contributed by atoms with Gasteiger partial charge in [0.05, 0.1) is 0 Å². The normalized spacial score (nSPS) is 12.4. The molecule has 17 heavy (non-hydrogen) atoms. The predicted molar refractivity (Wildman–Crippen MR) is 69.6 cm³/mol. The molecule has 0 saturated carbocycles. The maximum atomic E-state index is 11.1. The van der Waals surface area contributed by atoms with Gasteiger partial charge in [0.1, 0.15) is 0 Å². The van der Waals surface area contributed by atoms with Gasteiger partial charge in [-0.25, -0.2) is 0 Å². The zero-order valence-corrected chi connectivity index (χ0v) is 11.4. The summed E-state index contributed by atoms with van der Waals surface area (Å²) in [6.45, 7) is 3.68. The van der Waals surface area contributed by atoms with E-state index in [2.05, 4.69) is 11.7 Å². The third-order valence-corrected chi connectivity index (χ3v) is 2.79. The number of carbonyl (C=O) groups excluding carboxylic acids is 1. The van der Waals surface area contributed by atoms with Crippen molar-refractivity contribution in [2.45, 2.75) is 84.3 Å². The Bertz CT molecular complexity index is 178. The van der Waals surface area contributed by atoms with Crippen LogP contribution in [0, 0.1) is 0 Å². The molecule has 0 radical (unpaired) electrons. The third kappa shape index (κ3) is 13.4. The lowest BCUT2D eigenvalue weighted by atomic mass is 10.1. The Morgan fingerprint density at radius 2 is 1.47 bits per heavy atom. The van der Waals surface area contributed by atoms with Crippen LogP contribution in [0.2, 0.25) is 0 Å². The number of aliphatic hydroxyl groups is 1. The Labute approximate surface area is 106 Å². The van der Waals surface area contributed by atoms with Crippen LogP contribution in [0.25, 0.3) is 0 Å². The first kappa shape index (κ1) is 16.4. The summed E-state index contributed by atoms with van der Waals surface area (Å²) in [7, 11) is 0. The molecule has 0 saturated heterocycles. The van der Waals surface area contributed by atoms with E-state index in [9.17, 15) is 4.79 Å². The second-order valence-electron chi connectivity index (χ2n) is 4.67. The second-order valence-corrected chi connectivity index (χ2v) is 4.67. The first-order valence-corrected chi connectivity index (χ1v) is 7.04. The molecule has 0 aromatic heterocycles. The third-order valence-electron chi connectivity index (χ3n) is 2.79. The summed E-state index contributed by atoms with van der Waals surface area (Å²) in [5, 5.41) is 8.82. The summed E-state index contributed by atoms with van der Waals surface area (Å²) in [6.07, 6.45) is 10.6. The monoisotopic (exact) mass is 244 g/mol. The minimum atomic E-state index is -0.971. The second kappa shape index (κ2) is 11.9. The lowest BCUT2D eigenvalue weighted by Gasteiger charge is -2.06. The van der Waals surface area contributed by atoms with Gasteiger partial charge in [-0.3, -0.25) is 4.79 Å². The van der Waals surface area contributed by atoms with Gasteiger partial charge in [0.15, 0.2) is 6.29 Å². The molecule has 0 aliphatic heterocycles. The molecule has 0 aliphatic rings. The SMILES string of the molecule is CCCCCCCCCCCC(=O)OC(C)O. The van der Waals surface area contributed by atoms with E-state index >= 15 is 0 Å². The molecule has 3 heteroatoms. The number of esters is 1. The minimum absolute atomic E-state index is 0.289. The van der Waals surface area contributed by atoms with Crippen molar-refractivity contribution in [1.82, 2.24) is 0 Å². The van der Waals surface area contributed by atoms with Crippen LogP contribution in [0.4, 0.5) is 0 Å². The summed E-state index contributed by atoms with van der Waals surface area (Å²) in [4.78, 5) is 11.1. The molecule has 3 nitrogen and oxygen atoms in total. The summed E-state index contributed by atoms with van der Waals surface area (Å²) in [6, 6.07) is 0. The number of aliphatic hydroxyl groups excluding tert-OH is 1. The van der Waals surface area contributed by atoms with E-state index in [1.807, 2.05) is 0 Å². The zero-order chi connectivity index (χ0) is 12.9. The molecule has 0 aromatic carbocycles. The van der Waals surface area contributed by atoms with Crippen LogP contribution in [-0.2, 0) is 9.53 Å². The van der Waals surface area contributed by atoms with Gasteiger partial charge in [-0.1, -0.05) is 58.3 Å². The molecule has 0 aliphatic carbocycles. The molecular formula is C14H28O3. The van der Waals surface area contributed by atoms with Gasteiger partial charge in [-0.05, 0) is 13.3 Å². The van der Waals surface area contributed by atoms with Gasteiger partial charge < -0.3 is 9.84 Å². The summed E-state index contributed by atoms with van der Waals surface area (Å²) in [5.74, 6) is -0.289. The number of carbonyl (C=O) groups is 1. The lowest BCUT2D eigenvalue weighted by Crippen LogP contribution is -2.13. The molecule has 0 spiro atoms. The van der Waals surface area contributed by atoms with Gasteiger partial charge in [0.2, 0.25) is 0 Å². The molecule has 0 rings (SSSR count). The van der Waals surface area contributed by atoms with Crippen LogP contribution < -0.4 is 0 Å². The van der Waals surface area contributed by atoms with E-state index in [0.717, 1.165) is 12.8 Å². The number of ether oxygens (including phenoxy) is 1. The van der Waals surface area contributed by atoms with Crippen LogP contribution in [0.3, 0.4) is 0 Å². The van der Waals surface area contributed by atoms with E-state index in [1.54, 1.807) is 0 Å². The highest BCUT2D eigenvalue weighted by Crippen LogP contribution is 2.10. The van der Waals surface area contributed by atoms with E-state index in [0.29, 0.717) is 6.42 Å². The molecule has 0 amide bonds. The van der Waals surface area contributed by atoms with E-state index in [-0.39, 0.29) is 5.97 Å². The van der Waals surface area contributed by atoms with Crippen molar-refractivity contribution < 1.29 is 14.6 Å². The van der Waals surface area contributed by atoms with Crippen LogP contribution in [-0.4, -0.2) is 17.4 Å². The standard InChI is InChI=1S/C14H28O3/c1-3-4-5-6-7-8-9-10-11-12-14(16)17-13(2)15/h13,15H,3-12H2,1-2H3. The van der Waals surface area contributed by atoms with Crippen LogP contribution >= 0.6 is 0 Å². The van der Waals surface area contributed by atoms with Gasteiger partial charge in [0.25, 0.3) is 0 Å². The predicted octanol–water partition coefficient (Wildman–Crippen LogP) is 3.79. The number of unbranched alkanes of at least 4 members (excludes halogenated alkanes) is 8. The van der Waals surface area contributed by atoms with Gasteiger partial charge >= 0.3 is 5.97 Å². The number of rotatable bonds is 11. The van der Waals surface area contributed by atoms with Gasteiger partial charge in [-0.2, -0.15) is 0 Å². The fraction of sp³-hybridized carbons (Fsp3) is 0.929. The van der Waals surface area contributed by atoms with Crippen molar-refractivity contribution in [3.8, 4) is 0 Å². The molecule has 0 fully saturated rings. The Kier molecular flexibility index (Phi) is 11.5. The molecular weight excluding hydrogens is 216 g/mol. The molecule has 1 N–H and O–H groups in total. The highest BCUT2D eigenvalue weighted by atomic mass is 16.6. The Balaban J connectivity index is 3.10. The maximum absolute atomic E-state index is 11.1. The highest BCUT2D eigenvalue weighted by molar-refractivity contribution is 5.69. The smallest absolute Gasteiger partial charge is 0.308 e. The Morgan fingerprint density at radius 1 is 1.00 bits per heavy atom. The van der Waals surface area contributed by atoms with Crippen molar-refractivity contribution in [3.63, 3.8) is 0 Å². The first-order valence-electron chi connectivity index (χ1n) is 7.04. The molecule has 1 atom stereocenters. The topological polar surface area (TPSA) is 46.5 Å². The summed E-state index contributed by atoms with van der Waals surface area (Å²) >= 11 is 0. The van der Waals surface area contributed by atoms with E-state index < -0.39 is 6.29 Å². The molecule has 0 heterocycles. The van der Waals surface area contributed by atoms with Crippen molar-refractivity contribution in [3.05, 3.63) is 0 Å². The quantitative estimate of drug-likeness (QED) is 0.342. The van der Waals surface area contributed by atoms with Gasteiger partial charge in [0, 0.05) is 6.42 Å². The number of hydrogen-bond acceptors (Lipinski definition) is 3. The minimum Gasteiger partial charge on any atom is -0.436 e. The van der Waals surface area contributed by atoms with E-state index in [4.69, 9.17) is 5.11 Å². The van der Waals surface area contributed by atoms with Crippen molar-refractivity contribution in [1.29, 1.82) is 0 Å². The first-order chi connectivity index (χ1) is 8.16. The molecule has 0 aromatic rings. The largest absolute Gasteiger partial charge is 0.436 e. The fourth-order valence-electron chi connectivity index (χ4n) is 1.83. The van der Waals surface area contributed by atoms with Crippen molar-refractivity contribution in [2.24, 2.45) is 0 Å². The fourth-order valence-corrected chi connectivity index (χ4v) is 1.83. The van der Waals surface area contributed by atoms with Crippen LogP contribution in [0.1, 0.15) is 78.1 Å². The molecule has 102 valence electrons. The van der Waals surface area contributed by atoms with Crippen molar-refractivity contribution >= 4 is 5.97 Å². The Morgan fingerprint density at radius 3 is 1.94 bits per heavy atom. The van der Waals surface area contributed by atoms with Crippen LogP contribution in [0.15, 0.2) is 0 Å². The number of hydrogen-bond donors (Lipinski definition) is 1. The maximum Gasteiger partial charge on any atom is 0.308 e. The summed E-state index contributed by atoms with van der Waals surface area (Å²) < 4.78 is 4.64. The average molecular weight is 244 g/mol. The van der Waals surface area contributed by atoms with E-state index in [1.165, 1.54) is 51.9 Å². The van der Waals surface area contributed by atoms with Gasteiger partial charge in [-0.15, -0.1) is 0 Å².